The van der Waals surface area contributed by atoms with E-state index in [0.717, 1.165) is 32.5 Å². The van der Waals surface area contributed by atoms with Crippen LogP contribution in [0.3, 0.4) is 0 Å². The van der Waals surface area contributed by atoms with Crippen LogP contribution in [0.2, 0.25) is 0 Å². The average molecular weight is 277 g/mol. The maximum absolute atomic E-state index is 12.3. The second kappa shape index (κ2) is 5.91. The Labute approximate surface area is 119 Å². The van der Waals surface area contributed by atoms with Gasteiger partial charge in [0.2, 0.25) is 0 Å². The Morgan fingerprint density at radius 3 is 2.80 bits per heavy atom. The number of piperidine rings is 1. The molecule has 110 valence electrons. The van der Waals surface area contributed by atoms with Crippen LogP contribution in [-0.2, 0) is 0 Å². The highest BCUT2D eigenvalue weighted by molar-refractivity contribution is 5.91. The molecule has 0 unspecified atom stereocenters. The van der Waals surface area contributed by atoms with Crippen LogP contribution in [0.25, 0.3) is 0 Å². The smallest absolute Gasteiger partial charge is 0.275 e. The van der Waals surface area contributed by atoms with E-state index in [-0.39, 0.29) is 5.91 Å². The highest BCUT2D eigenvalue weighted by Crippen LogP contribution is 2.27. The summed E-state index contributed by atoms with van der Waals surface area (Å²) in [5.41, 5.74) is 0.477. The molecule has 0 atom stereocenters. The van der Waals surface area contributed by atoms with Gasteiger partial charge in [-0.05, 0) is 44.7 Å². The first-order valence-electron chi connectivity index (χ1n) is 7.62. The van der Waals surface area contributed by atoms with Crippen molar-refractivity contribution >= 4 is 5.91 Å². The number of amides is 1. The summed E-state index contributed by atoms with van der Waals surface area (Å²) in [6, 6.07) is 0.377. The minimum atomic E-state index is -0.00270. The number of nitrogens with zero attached hydrogens (tertiary/aromatic N) is 4. The second-order valence-corrected chi connectivity index (χ2v) is 6.05. The molecule has 2 aliphatic rings. The Bertz CT molecular complexity index is 462. The zero-order valence-corrected chi connectivity index (χ0v) is 12.1. The summed E-state index contributed by atoms with van der Waals surface area (Å²) >= 11 is 0. The van der Waals surface area contributed by atoms with Crippen molar-refractivity contribution in [1.82, 2.24) is 25.2 Å². The summed E-state index contributed by atoms with van der Waals surface area (Å²) in [7, 11) is 1.87. The molecule has 1 aromatic heterocycles. The van der Waals surface area contributed by atoms with Crippen LogP contribution < -0.4 is 5.32 Å². The molecule has 1 aliphatic carbocycles. The molecule has 0 spiro atoms. The third-order valence-corrected chi connectivity index (χ3v) is 4.52. The van der Waals surface area contributed by atoms with Gasteiger partial charge < -0.3 is 10.2 Å². The van der Waals surface area contributed by atoms with Crippen LogP contribution in [0.15, 0.2) is 6.20 Å². The molecule has 1 saturated carbocycles. The van der Waals surface area contributed by atoms with E-state index in [9.17, 15) is 4.79 Å². The third kappa shape index (κ3) is 2.85. The molecule has 6 nitrogen and oxygen atoms in total. The Morgan fingerprint density at radius 2 is 2.15 bits per heavy atom. The third-order valence-electron chi connectivity index (χ3n) is 4.52. The number of aromatic nitrogens is 3. The zero-order chi connectivity index (χ0) is 13.9. The van der Waals surface area contributed by atoms with Gasteiger partial charge in [-0.1, -0.05) is 11.6 Å². The molecule has 0 bridgehead atoms. The van der Waals surface area contributed by atoms with E-state index in [0.29, 0.717) is 17.7 Å². The first-order valence-corrected chi connectivity index (χ1v) is 7.62. The van der Waals surface area contributed by atoms with Gasteiger partial charge in [0.1, 0.15) is 0 Å². The summed E-state index contributed by atoms with van der Waals surface area (Å²) in [5, 5.41) is 11.5. The Hall–Kier alpha value is -1.43. The lowest BCUT2D eigenvalue weighted by molar-refractivity contribution is 0.0739. The fraction of sp³-hybridized carbons (Fsp3) is 0.786. The summed E-state index contributed by atoms with van der Waals surface area (Å²) in [4.78, 5) is 14.1. The molecular formula is C14H23N5O. The largest absolute Gasteiger partial charge is 0.340 e. The topological polar surface area (TPSA) is 63.1 Å². The van der Waals surface area contributed by atoms with Crippen LogP contribution in [0.5, 0.6) is 0 Å². The first-order chi connectivity index (χ1) is 9.74. The van der Waals surface area contributed by atoms with Crippen molar-refractivity contribution in [2.45, 2.75) is 38.1 Å². The molecule has 2 fully saturated rings. The lowest BCUT2D eigenvalue weighted by atomic mass is 9.85. The van der Waals surface area contributed by atoms with Gasteiger partial charge in [0, 0.05) is 13.6 Å². The van der Waals surface area contributed by atoms with Gasteiger partial charge in [0.25, 0.3) is 5.91 Å². The highest BCUT2D eigenvalue weighted by Gasteiger charge is 2.24. The van der Waals surface area contributed by atoms with Crippen LogP contribution in [0.1, 0.15) is 48.6 Å². The second-order valence-electron chi connectivity index (χ2n) is 6.05. The monoisotopic (exact) mass is 277 g/mol. The van der Waals surface area contributed by atoms with Gasteiger partial charge >= 0.3 is 0 Å². The zero-order valence-electron chi connectivity index (χ0n) is 12.1. The van der Waals surface area contributed by atoms with Gasteiger partial charge in [-0.2, -0.15) is 0 Å². The van der Waals surface area contributed by atoms with Gasteiger partial charge in [-0.3, -0.25) is 4.79 Å². The first kappa shape index (κ1) is 13.5. The van der Waals surface area contributed by atoms with Gasteiger partial charge in [-0.25, -0.2) is 4.68 Å². The molecule has 1 aromatic rings. The summed E-state index contributed by atoms with van der Waals surface area (Å²) in [6.07, 6.45) is 7.72. The Morgan fingerprint density at radius 1 is 1.40 bits per heavy atom. The quantitative estimate of drug-likeness (QED) is 0.894. The van der Waals surface area contributed by atoms with Crippen molar-refractivity contribution in [2.24, 2.45) is 5.92 Å². The van der Waals surface area contributed by atoms with E-state index >= 15 is 0 Å². The summed E-state index contributed by atoms with van der Waals surface area (Å²) in [5.74, 6) is 0.681. The lowest BCUT2D eigenvalue weighted by Crippen LogP contribution is -2.34. The van der Waals surface area contributed by atoms with Crippen molar-refractivity contribution in [2.75, 3.05) is 26.7 Å². The fourth-order valence-electron chi connectivity index (χ4n) is 2.97. The molecule has 1 aliphatic heterocycles. The number of rotatable bonds is 4. The SMILES string of the molecule is CN(CC1CCC1)C(=O)c1cn(C2CCNCC2)nn1. The Balaban J connectivity index is 1.61. The molecule has 20 heavy (non-hydrogen) atoms. The average Bonchev–Trinajstić information content (AvgIpc) is 2.92. The standard InChI is InChI=1S/C14H23N5O/c1-18(9-11-3-2-4-11)14(20)13-10-19(17-16-13)12-5-7-15-8-6-12/h10-12,15H,2-9H2,1H3. The van der Waals surface area contributed by atoms with Crippen molar-refractivity contribution in [1.29, 1.82) is 0 Å². The van der Waals surface area contributed by atoms with E-state index < -0.39 is 0 Å². The molecule has 1 amide bonds. The van der Waals surface area contributed by atoms with E-state index in [1.54, 1.807) is 4.90 Å². The molecule has 6 heteroatoms. The van der Waals surface area contributed by atoms with Gasteiger partial charge in [0.15, 0.2) is 5.69 Å². The summed E-state index contributed by atoms with van der Waals surface area (Å²) in [6.45, 7) is 2.86. The molecular weight excluding hydrogens is 254 g/mol. The molecule has 1 saturated heterocycles. The minimum absolute atomic E-state index is 0.00270. The van der Waals surface area contributed by atoms with Crippen molar-refractivity contribution < 1.29 is 4.79 Å². The maximum atomic E-state index is 12.3. The molecule has 2 heterocycles. The fourth-order valence-corrected chi connectivity index (χ4v) is 2.97. The number of hydrogen-bond donors (Lipinski definition) is 1. The van der Waals surface area contributed by atoms with E-state index in [1.807, 2.05) is 17.9 Å². The molecule has 1 N–H and O–H groups in total. The number of carbonyl (C=O) groups excluding carboxylic acids is 1. The van der Waals surface area contributed by atoms with Crippen molar-refractivity contribution in [3.8, 4) is 0 Å². The van der Waals surface area contributed by atoms with Gasteiger partial charge in [-0.15, -0.1) is 5.10 Å². The van der Waals surface area contributed by atoms with E-state index in [2.05, 4.69) is 15.6 Å². The number of nitrogens with one attached hydrogen (secondary N) is 1. The lowest BCUT2D eigenvalue weighted by Gasteiger charge is -2.29. The van der Waals surface area contributed by atoms with E-state index in [4.69, 9.17) is 0 Å². The van der Waals surface area contributed by atoms with Crippen LogP contribution in [0, 0.1) is 5.92 Å². The number of hydrogen-bond acceptors (Lipinski definition) is 4. The maximum Gasteiger partial charge on any atom is 0.275 e. The summed E-state index contributed by atoms with van der Waals surface area (Å²) < 4.78 is 1.87. The number of carbonyl (C=O) groups is 1. The van der Waals surface area contributed by atoms with Crippen molar-refractivity contribution in [3.05, 3.63) is 11.9 Å². The highest BCUT2D eigenvalue weighted by atomic mass is 16.2. The Kier molecular flexibility index (Phi) is 4.00. The van der Waals surface area contributed by atoms with Crippen LogP contribution in [-0.4, -0.2) is 52.5 Å². The normalized spacial score (nSPS) is 20.6. The molecule has 0 aromatic carbocycles. The predicted octanol–water partition coefficient (Wildman–Crippen LogP) is 1.07. The molecule has 0 radical (unpaired) electrons. The van der Waals surface area contributed by atoms with Crippen molar-refractivity contribution in [3.63, 3.8) is 0 Å². The van der Waals surface area contributed by atoms with Crippen LogP contribution >= 0.6 is 0 Å². The van der Waals surface area contributed by atoms with Crippen LogP contribution in [0.4, 0.5) is 0 Å². The predicted molar refractivity (Wildman–Crippen MR) is 75.5 cm³/mol. The van der Waals surface area contributed by atoms with Gasteiger partial charge in [0.05, 0.1) is 12.2 Å². The van der Waals surface area contributed by atoms with E-state index in [1.165, 1.54) is 19.3 Å². The molecule has 3 rings (SSSR count). The minimum Gasteiger partial charge on any atom is -0.340 e.